The Labute approximate surface area is 181 Å². The van der Waals surface area contributed by atoms with E-state index in [9.17, 15) is 40.5 Å². The molecular formula is C19H25NO12. The molecule has 3 aliphatic rings. The summed E-state index contributed by atoms with van der Waals surface area (Å²) in [7, 11) is 0. The number of carbonyl (C=O) groups excluding carboxylic acids is 1. The number of nitrogens with zero attached hydrogens (tertiary/aromatic N) is 1. The van der Waals surface area contributed by atoms with E-state index in [-0.39, 0.29) is 11.4 Å². The fourth-order valence-corrected chi connectivity index (χ4v) is 3.97. The van der Waals surface area contributed by atoms with Crippen LogP contribution in [0.3, 0.4) is 0 Å². The van der Waals surface area contributed by atoms with Crippen LogP contribution in [0.2, 0.25) is 0 Å². The Balaban J connectivity index is 1.49. The van der Waals surface area contributed by atoms with E-state index in [4.69, 9.17) is 18.9 Å². The van der Waals surface area contributed by atoms with E-state index in [0.717, 1.165) is 4.90 Å². The molecule has 1 amide bonds. The van der Waals surface area contributed by atoms with Crippen molar-refractivity contribution in [3.8, 4) is 5.75 Å². The number of para-hydroxylation sites is 2. The third-order valence-electron chi connectivity index (χ3n) is 5.77. The van der Waals surface area contributed by atoms with Gasteiger partial charge in [-0.05, 0) is 12.1 Å². The fourth-order valence-electron chi connectivity index (χ4n) is 3.97. The Hall–Kier alpha value is -2.07. The number of carbonyl (C=O) groups is 1. The number of benzene rings is 1. The van der Waals surface area contributed by atoms with Crippen LogP contribution >= 0.6 is 0 Å². The van der Waals surface area contributed by atoms with Gasteiger partial charge >= 0.3 is 6.09 Å². The molecule has 0 radical (unpaired) electrons. The zero-order valence-electron chi connectivity index (χ0n) is 16.6. The summed E-state index contributed by atoms with van der Waals surface area (Å²) in [6, 6.07) is 5.92. The van der Waals surface area contributed by atoms with Crippen molar-refractivity contribution in [2.45, 2.75) is 61.3 Å². The largest absolute Gasteiger partial charge is 0.506 e. The van der Waals surface area contributed by atoms with Gasteiger partial charge < -0.3 is 54.7 Å². The van der Waals surface area contributed by atoms with Gasteiger partial charge in [-0.1, -0.05) is 12.1 Å². The van der Waals surface area contributed by atoms with Crippen molar-refractivity contribution in [2.24, 2.45) is 0 Å². The van der Waals surface area contributed by atoms with Gasteiger partial charge in [0.2, 0.25) is 0 Å². The van der Waals surface area contributed by atoms with Crippen LogP contribution in [0.25, 0.3) is 0 Å². The number of amides is 1. The minimum absolute atomic E-state index is 0.0715. The molecule has 0 unspecified atom stereocenters. The minimum Gasteiger partial charge on any atom is -0.506 e. The molecule has 0 spiro atoms. The number of phenolic OH excluding ortho intramolecular Hbond substituents is 1. The SMILES string of the molecule is O=C1O[C@@H]2[C@@H](O)[C@H](O)[C@@H](CO[C@@H]3O[C@H](CO)[C@@H](O)[C@H](O)[C@H]3O)O[C@@H]2N1c1ccccc1O. The monoisotopic (exact) mass is 459 g/mol. The molecule has 3 fully saturated rings. The highest BCUT2D eigenvalue weighted by Gasteiger charge is 2.56. The Kier molecular flexibility index (Phi) is 6.53. The maximum atomic E-state index is 12.4. The number of hydrogen-bond donors (Lipinski definition) is 7. The summed E-state index contributed by atoms with van der Waals surface area (Å²) < 4.78 is 21.5. The van der Waals surface area contributed by atoms with Crippen molar-refractivity contribution >= 4 is 11.8 Å². The molecule has 3 saturated heterocycles. The first-order valence-electron chi connectivity index (χ1n) is 9.96. The number of ether oxygens (including phenoxy) is 4. The van der Waals surface area contributed by atoms with Gasteiger partial charge in [-0.25, -0.2) is 9.69 Å². The normalized spacial score (nSPS) is 41.9. The number of aliphatic hydroxyl groups excluding tert-OH is 6. The summed E-state index contributed by atoms with van der Waals surface area (Å²) in [5.41, 5.74) is 0.0715. The van der Waals surface area contributed by atoms with Crippen molar-refractivity contribution in [3.63, 3.8) is 0 Å². The zero-order valence-corrected chi connectivity index (χ0v) is 16.6. The lowest BCUT2D eigenvalue weighted by atomic mass is 9.97. The van der Waals surface area contributed by atoms with E-state index in [1.54, 1.807) is 12.1 Å². The number of aromatic hydroxyl groups is 1. The number of anilines is 1. The average Bonchev–Trinajstić information content (AvgIpc) is 3.11. The number of hydrogen-bond acceptors (Lipinski definition) is 12. The molecule has 0 bridgehead atoms. The predicted molar refractivity (Wildman–Crippen MR) is 101 cm³/mol. The second-order valence-corrected chi connectivity index (χ2v) is 7.78. The molecule has 0 saturated carbocycles. The van der Waals surface area contributed by atoms with E-state index in [2.05, 4.69) is 0 Å². The molecule has 4 rings (SSSR count). The van der Waals surface area contributed by atoms with E-state index in [1.165, 1.54) is 12.1 Å². The smallest absolute Gasteiger partial charge is 0.417 e. The first-order chi connectivity index (χ1) is 15.2. The van der Waals surface area contributed by atoms with Crippen molar-refractivity contribution in [1.29, 1.82) is 0 Å². The predicted octanol–water partition coefficient (Wildman–Crippen LogP) is -3.02. The Morgan fingerprint density at radius 3 is 2.28 bits per heavy atom. The molecule has 3 heterocycles. The summed E-state index contributed by atoms with van der Waals surface area (Å²) in [5.74, 6) is -0.233. The van der Waals surface area contributed by atoms with Gasteiger partial charge in [-0.15, -0.1) is 0 Å². The summed E-state index contributed by atoms with van der Waals surface area (Å²) in [4.78, 5) is 13.4. The highest BCUT2D eigenvalue weighted by molar-refractivity contribution is 5.92. The summed E-state index contributed by atoms with van der Waals surface area (Å²) >= 11 is 0. The van der Waals surface area contributed by atoms with Crippen LogP contribution in [0.1, 0.15) is 0 Å². The maximum Gasteiger partial charge on any atom is 0.417 e. The Morgan fingerprint density at radius 2 is 1.59 bits per heavy atom. The van der Waals surface area contributed by atoms with Gasteiger partial charge in [-0.2, -0.15) is 0 Å². The number of rotatable bonds is 5. The molecule has 13 nitrogen and oxygen atoms in total. The zero-order chi connectivity index (χ0) is 23.2. The van der Waals surface area contributed by atoms with E-state index >= 15 is 0 Å². The van der Waals surface area contributed by atoms with Gasteiger partial charge in [-0.3, -0.25) is 0 Å². The van der Waals surface area contributed by atoms with Gasteiger partial charge in [0.15, 0.2) is 18.6 Å². The molecule has 0 aromatic heterocycles. The van der Waals surface area contributed by atoms with Crippen LogP contribution in [-0.2, 0) is 18.9 Å². The van der Waals surface area contributed by atoms with Crippen molar-refractivity contribution in [1.82, 2.24) is 0 Å². The van der Waals surface area contributed by atoms with Gasteiger partial charge in [0, 0.05) is 0 Å². The van der Waals surface area contributed by atoms with E-state index in [1.807, 2.05) is 0 Å². The Bertz CT molecular complexity index is 823. The molecule has 13 heteroatoms. The summed E-state index contributed by atoms with van der Waals surface area (Å²) in [6.07, 6.45) is -15.3. The quantitative estimate of drug-likeness (QED) is 0.236. The lowest BCUT2D eigenvalue weighted by molar-refractivity contribution is -0.312. The van der Waals surface area contributed by atoms with Crippen molar-refractivity contribution in [3.05, 3.63) is 24.3 Å². The second-order valence-electron chi connectivity index (χ2n) is 7.78. The molecule has 3 aliphatic heterocycles. The number of aliphatic hydroxyl groups is 6. The molecule has 0 aliphatic carbocycles. The summed E-state index contributed by atoms with van der Waals surface area (Å²) in [6.45, 7) is -1.11. The molecular weight excluding hydrogens is 434 g/mol. The van der Waals surface area contributed by atoms with Crippen molar-refractivity contribution in [2.75, 3.05) is 18.1 Å². The van der Waals surface area contributed by atoms with Crippen LogP contribution in [0.5, 0.6) is 5.75 Å². The van der Waals surface area contributed by atoms with Crippen LogP contribution in [-0.4, -0.2) is 116 Å². The first kappa shape index (κ1) is 23.1. The van der Waals surface area contributed by atoms with Crippen LogP contribution < -0.4 is 4.90 Å². The number of phenols is 1. The topological polar surface area (TPSA) is 199 Å². The molecule has 32 heavy (non-hydrogen) atoms. The maximum absolute atomic E-state index is 12.4. The van der Waals surface area contributed by atoms with Gasteiger partial charge in [0.1, 0.15) is 48.5 Å². The summed E-state index contributed by atoms with van der Waals surface area (Å²) in [5, 5.41) is 70.0. The average molecular weight is 459 g/mol. The van der Waals surface area contributed by atoms with Crippen LogP contribution in [0.15, 0.2) is 24.3 Å². The molecule has 1 aromatic rings. The molecule has 1 aromatic carbocycles. The van der Waals surface area contributed by atoms with E-state index < -0.39 is 80.7 Å². The molecule has 10 atom stereocenters. The first-order valence-corrected chi connectivity index (χ1v) is 9.96. The molecule has 7 N–H and O–H groups in total. The highest BCUT2D eigenvalue weighted by atomic mass is 16.7. The van der Waals surface area contributed by atoms with E-state index in [0.29, 0.717) is 0 Å². The van der Waals surface area contributed by atoms with Crippen molar-refractivity contribution < 1.29 is 59.5 Å². The minimum atomic E-state index is -1.67. The van der Waals surface area contributed by atoms with Crippen LogP contribution in [0.4, 0.5) is 10.5 Å². The number of fused-ring (bicyclic) bond motifs is 1. The van der Waals surface area contributed by atoms with Crippen LogP contribution in [0, 0.1) is 0 Å². The third-order valence-corrected chi connectivity index (χ3v) is 5.77. The standard InChI is InChI=1S/C19H25NO12/c21-5-9-11(23)13(25)15(27)18(31-9)29-6-10-12(24)14(26)16-17(30-10)20(19(28)32-16)7-3-1-2-4-8(7)22/h1-4,9-18,21-27H,5-6H2/t9-,10-,11-,12-,13+,14+,15-,16-,17+,18-/m1/s1. The van der Waals surface area contributed by atoms with Gasteiger partial charge in [0.05, 0.1) is 18.9 Å². The fraction of sp³-hybridized carbons (Fsp3) is 0.632. The Morgan fingerprint density at radius 1 is 0.906 bits per heavy atom. The third kappa shape index (κ3) is 3.91. The lowest BCUT2D eigenvalue weighted by Gasteiger charge is -2.42. The highest BCUT2D eigenvalue weighted by Crippen LogP contribution is 2.38. The molecule has 178 valence electrons. The van der Waals surface area contributed by atoms with Gasteiger partial charge in [0.25, 0.3) is 0 Å². The lowest BCUT2D eigenvalue weighted by Crippen LogP contribution is -2.62. The second kappa shape index (κ2) is 9.05.